The average molecular weight is 683 g/mol. The van der Waals surface area contributed by atoms with Crippen LogP contribution in [0.1, 0.15) is 72.8 Å². The number of benzene rings is 1. The zero-order valence-electron chi connectivity index (χ0n) is 29.3. The lowest BCUT2D eigenvalue weighted by Crippen LogP contribution is -2.60. The summed E-state index contributed by atoms with van der Waals surface area (Å²) in [4.78, 5) is 71.8. The van der Waals surface area contributed by atoms with E-state index in [2.05, 4.69) is 32.8 Å². The number of carboxylic acid groups (broad SMARTS) is 1. The molecule has 4 rings (SSSR count). The van der Waals surface area contributed by atoms with Crippen LogP contribution in [0, 0.1) is 0 Å². The molecule has 15 heteroatoms. The Morgan fingerprint density at radius 3 is 2.10 bits per heavy atom. The highest BCUT2D eigenvalue weighted by atomic mass is 16.6. The zero-order valence-corrected chi connectivity index (χ0v) is 29.3. The van der Waals surface area contributed by atoms with E-state index in [1.807, 2.05) is 24.3 Å². The molecule has 2 heterocycles. The minimum atomic E-state index is -1.19. The van der Waals surface area contributed by atoms with Crippen molar-refractivity contribution >= 4 is 29.9 Å². The normalized spacial score (nSPS) is 18.5. The molecule has 15 nitrogen and oxygen atoms in total. The van der Waals surface area contributed by atoms with Gasteiger partial charge in [-0.1, -0.05) is 19.1 Å². The van der Waals surface area contributed by atoms with Crippen LogP contribution in [-0.4, -0.2) is 109 Å². The number of carbonyl (C=O) groups excluding carboxylic acids is 3. The minimum absolute atomic E-state index is 0.0152. The van der Waals surface area contributed by atoms with Crippen molar-refractivity contribution in [2.75, 3.05) is 38.0 Å². The fraction of sp³-hybridized carbons (Fsp3) is 0.588. The second kappa shape index (κ2) is 15.7. The van der Waals surface area contributed by atoms with Gasteiger partial charge in [-0.2, -0.15) is 4.98 Å². The number of ether oxygens (including phenoxy) is 1. The van der Waals surface area contributed by atoms with Crippen molar-refractivity contribution in [3.63, 3.8) is 0 Å². The summed E-state index contributed by atoms with van der Waals surface area (Å²) in [6.07, 6.45) is 3.43. The van der Waals surface area contributed by atoms with Gasteiger partial charge in [0.1, 0.15) is 17.0 Å². The number of nitrogens with zero attached hydrogens (tertiary/aromatic N) is 5. The first-order chi connectivity index (χ1) is 23.0. The van der Waals surface area contributed by atoms with E-state index in [4.69, 9.17) is 9.84 Å². The van der Waals surface area contributed by atoms with Crippen molar-refractivity contribution in [2.24, 2.45) is 0 Å². The molecule has 1 aliphatic heterocycles. The van der Waals surface area contributed by atoms with Crippen LogP contribution < -0.4 is 21.6 Å². The van der Waals surface area contributed by atoms with Gasteiger partial charge in [0, 0.05) is 51.0 Å². The zero-order chi connectivity index (χ0) is 35.9. The quantitative estimate of drug-likeness (QED) is 0.308. The number of aromatic nitrogens is 2. The fourth-order valence-electron chi connectivity index (χ4n) is 6.23. The molecule has 4 N–H and O–H groups in total. The number of amides is 5. The van der Waals surface area contributed by atoms with Crippen LogP contribution in [0.3, 0.4) is 0 Å². The Kier molecular flexibility index (Phi) is 11.9. The van der Waals surface area contributed by atoms with Crippen LogP contribution in [0.4, 0.5) is 20.2 Å². The van der Waals surface area contributed by atoms with Gasteiger partial charge in [-0.3, -0.25) is 19.6 Å². The average Bonchev–Trinajstić information content (AvgIpc) is 3.03. The summed E-state index contributed by atoms with van der Waals surface area (Å²) in [6, 6.07) is 9.23. The molecule has 0 unspecified atom stereocenters. The van der Waals surface area contributed by atoms with Crippen molar-refractivity contribution in [3.8, 4) is 5.69 Å². The van der Waals surface area contributed by atoms with E-state index >= 15 is 0 Å². The van der Waals surface area contributed by atoms with Crippen molar-refractivity contribution in [2.45, 2.75) is 97.0 Å². The number of alkyl carbamates (subject to hydrolysis) is 1. The van der Waals surface area contributed by atoms with E-state index < -0.39 is 35.0 Å². The van der Waals surface area contributed by atoms with Crippen molar-refractivity contribution in [1.82, 2.24) is 34.9 Å². The van der Waals surface area contributed by atoms with Gasteiger partial charge < -0.3 is 30.3 Å². The summed E-state index contributed by atoms with van der Waals surface area (Å²) in [6.45, 7) is 13.3. The number of piperazine rings is 1. The van der Waals surface area contributed by atoms with Crippen LogP contribution in [0.15, 0.2) is 41.3 Å². The SMILES string of the molecule is CCN(Cc1ccc(-n2ccc(NC(=O)N3CCN(C(=O)C(C)(C)NC(=O)OC(C)(C)C)CC3)nc2=O)cc1)[C@H]1CC[C@H](NC(=O)O)CC1. The molecule has 1 saturated carbocycles. The molecule has 5 amide bonds. The van der Waals surface area contributed by atoms with Crippen LogP contribution >= 0.6 is 0 Å². The Morgan fingerprint density at radius 2 is 1.55 bits per heavy atom. The summed E-state index contributed by atoms with van der Waals surface area (Å²) >= 11 is 0. The number of carbonyl (C=O) groups is 4. The van der Waals surface area contributed by atoms with Crippen LogP contribution in [0.2, 0.25) is 0 Å². The van der Waals surface area contributed by atoms with E-state index in [1.54, 1.807) is 56.7 Å². The smallest absolute Gasteiger partial charge is 0.408 e. The van der Waals surface area contributed by atoms with E-state index in [0.717, 1.165) is 44.3 Å². The van der Waals surface area contributed by atoms with Crippen molar-refractivity contribution in [3.05, 3.63) is 52.6 Å². The molecule has 2 aromatic rings. The standard InChI is InChI=1S/C34H50N8O7/c1-7-39(25-14-10-24(11-15-25)35-31(46)47)22-23-8-12-26(13-9-23)42-17-16-27(37-30(42)45)36-29(44)41-20-18-40(19-21-41)28(43)34(5,6)38-32(48)49-33(2,3)4/h8-9,12-13,16-17,24-25,35H,7,10-11,14-15,18-22H2,1-6H3,(H,38,48)(H,46,47)(H,36,37,44,45)/t24-,25-. The predicted molar refractivity (Wildman–Crippen MR) is 184 cm³/mol. The van der Waals surface area contributed by atoms with Gasteiger partial charge in [0.25, 0.3) is 0 Å². The predicted octanol–water partition coefficient (Wildman–Crippen LogP) is 3.61. The maximum atomic E-state index is 13.1. The van der Waals surface area contributed by atoms with Gasteiger partial charge in [-0.25, -0.2) is 19.2 Å². The second-order valence-electron chi connectivity index (χ2n) is 14.1. The highest BCUT2D eigenvalue weighted by Gasteiger charge is 2.37. The second-order valence-corrected chi connectivity index (χ2v) is 14.1. The molecule has 1 aliphatic carbocycles. The Labute approximate surface area is 287 Å². The third kappa shape index (κ3) is 10.4. The largest absolute Gasteiger partial charge is 0.465 e. The van der Waals surface area contributed by atoms with Gasteiger partial charge in [0.15, 0.2) is 0 Å². The Hall–Kier alpha value is -4.66. The van der Waals surface area contributed by atoms with Gasteiger partial charge in [0.05, 0.1) is 5.69 Å². The van der Waals surface area contributed by atoms with Gasteiger partial charge >= 0.3 is 23.9 Å². The molecule has 1 aromatic carbocycles. The Morgan fingerprint density at radius 1 is 0.939 bits per heavy atom. The van der Waals surface area contributed by atoms with Crippen LogP contribution in [0.5, 0.6) is 0 Å². The minimum Gasteiger partial charge on any atom is -0.465 e. The van der Waals surface area contributed by atoms with Crippen LogP contribution in [0.25, 0.3) is 5.69 Å². The molecule has 49 heavy (non-hydrogen) atoms. The lowest BCUT2D eigenvalue weighted by Gasteiger charge is -2.38. The molecule has 1 saturated heterocycles. The van der Waals surface area contributed by atoms with Crippen LogP contribution in [-0.2, 0) is 16.1 Å². The molecule has 2 aliphatic rings. The summed E-state index contributed by atoms with van der Waals surface area (Å²) in [5, 5.41) is 16.9. The van der Waals surface area contributed by atoms with E-state index in [-0.39, 0.29) is 43.9 Å². The molecule has 1 aromatic heterocycles. The summed E-state index contributed by atoms with van der Waals surface area (Å²) in [5.41, 5.74) is -0.681. The summed E-state index contributed by atoms with van der Waals surface area (Å²) < 4.78 is 6.69. The van der Waals surface area contributed by atoms with Gasteiger partial charge in [0.2, 0.25) is 5.91 Å². The highest BCUT2D eigenvalue weighted by molar-refractivity contribution is 5.90. The number of nitrogens with one attached hydrogen (secondary N) is 3. The van der Waals surface area contributed by atoms with Crippen molar-refractivity contribution < 1.29 is 29.0 Å². The topological polar surface area (TPSA) is 178 Å². The van der Waals surface area contributed by atoms with E-state index in [1.165, 1.54) is 4.57 Å². The summed E-state index contributed by atoms with van der Waals surface area (Å²) in [7, 11) is 0. The number of rotatable bonds is 9. The molecule has 0 radical (unpaired) electrons. The first-order valence-electron chi connectivity index (χ1n) is 16.8. The first-order valence-corrected chi connectivity index (χ1v) is 16.8. The Balaban J connectivity index is 1.27. The highest BCUT2D eigenvalue weighted by Crippen LogP contribution is 2.25. The van der Waals surface area contributed by atoms with E-state index in [9.17, 15) is 24.0 Å². The molecular formula is C34H50N8O7. The third-order valence-electron chi connectivity index (χ3n) is 8.79. The summed E-state index contributed by atoms with van der Waals surface area (Å²) in [5.74, 6) is -0.162. The molecule has 2 fully saturated rings. The fourth-order valence-corrected chi connectivity index (χ4v) is 6.23. The molecule has 268 valence electrons. The lowest BCUT2D eigenvalue weighted by atomic mass is 9.90. The Bertz CT molecular complexity index is 1540. The molecule has 0 atom stereocenters. The lowest BCUT2D eigenvalue weighted by molar-refractivity contribution is -0.138. The maximum absolute atomic E-state index is 13.1. The van der Waals surface area contributed by atoms with E-state index in [0.29, 0.717) is 11.7 Å². The number of hydrogen-bond donors (Lipinski definition) is 4. The van der Waals surface area contributed by atoms with Crippen molar-refractivity contribution in [1.29, 1.82) is 0 Å². The van der Waals surface area contributed by atoms with Gasteiger partial charge in [-0.05, 0) is 90.6 Å². The monoisotopic (exact) mass is 682 g/mol. The maximum Gasteiger partial charge on any atom is 0.408 e. The number of hydrogen-bond acceptors (Lipinski definition) is 8. The third-order valence-corrected chi connectivity index (χ3v) is 8.79. The number of urea groups is 1. The molecule has 0 spiro atoms. The number of anilines is 1. The molecular weight excluding hydrogens is 632 g/mol. The van der Waals surface area contributed by atoms with Gasteiger partial charge in [-0.15, -0.1) is 0 Å². The molecule has 0 bridgehead atoms. The first kappa shape index (κ1) is 37.2.